The van der Waals surface area contributed by atoms with Crippen molar-refractivity contribution in [3.8, 4) is 0 Å². The van der Waals surface area contributed by atoms with E-state index in [-0.39, 0.29) is 6.04 Å². The fourth-order valence-corrected chi connectivity index (χ4v) is 2.16. The Balaban J connectivity index is 2.42. The molecule has 5 heteroatoms. The number of rotatable bonds is 5. The molecule has 0 aliphatic rings. The van der Waals surface area contributed by atoms with E-state index in [2.05, 4.69) is 22.2 Å². The molecule has 0 fully saturated rings. The molecular weight excluding hydrogens is 260 g/mol. The highest BCUT2D eigenvalue weighted by molar-refractivity contribution is 6.31. The molecule has 2 rings (SSSR count). The van der Waals surface area contributed by atoms with Crippen LogP contribution in [0.3, 0.4) is 0 Å². The Hall–Kier alpha value is -1.65. The highest BCUT2D eigenvalue weighted by atomic mass is 35.5. The third-order valence-corrected chi connectivity index (χ3v) is 3.16. The normalized spacial score (nSPS) is 12.3. The highest BCUT2D eigenvalue weighted by Gasteiger charge is 2.20. The minimum atomic E-state index is -0.137. The predicted molar refractivity (Wildman–Crippen MR) is 78.0 cm³/mol. The summed E-state index contributed by atoms with van der Waals surface area (Å²) in [6.45, 7) is 2.96. The van der Waals surface area contributed by atoms with Crippen molar-refractivity contribution in [3.05, 3.63) is 52.9 Å². The Morgan fingerprint density at radius 3 is 2.68 bits per heavy atom. The zero-order valence-corrected chi connectivity index (χ0v) is 11.6. The van der Waals surface area contributed by atoms with Crippen LogP contribution in [-0.4, -0.2) is 16.5 Å². The molecule has 0 saturated heterocycles. The van der Waals surface area contributed by atoms with Crippen LogP contribution in [0.15, 0.2) is 36.7 Å². The summed E-state index contributed by atoms with van der Waals surface area (Å²) < 4.78 is 0. The first-order valence-electron chi connectivity index (χ1n) is 6.28. The molecule has 100 valence electrons. The van der Waals surface area contributed by atoms with Gasteiger partial charge in [-0.2, -0.15) is 0 Å². The summed E-state index contributed by atoms with van der Waals surface area (Å²) >= 11 is 6.24. The van der Waals surface area contributed by atoms with E-state index >= 15 is 0 Å². The zero-order chi connectivity index (χ0) is 13.7. The van der Waals surface area contributed by atoms with Crippen molar-refractivity contribution in [3.63, 3.8) is 0 Å². The molecule has 0 aliphatic heterocycles. The lowest BCUT2D eigenvalue weighted by molar-refractivity contribution is 0.587. The maximum Gasteiger partial charge on any atom is 0.128 e. The Morgan fingerprint density at radius 1 is 1.26 bits per heavy atom. The van der Waals surface area contributed by atoms with Crippen LogP contribution >= 0.6 is 11.6 Å². The SMILES string of the molecule is CCCNC(c1cccnc1N)c1ncccc1Cl. The van der Waals surface area contributed by atoms with E-state index < -0.39 is 0 Å². The van der Waals surface area contributed by atoms with Crippen molar-refractivity contribution >= 4 is 17.4 Å². The summed E-state index contributed by atoms with van der Waals surface area (Å²) in [5, 5.41) is 4.04. The van der Waals surface area contributed by atoms with Crippen LogP contribution < -0.4 is 11.1 Å². The van der Waals surface area contributed by atoms with Crippen molar-refractivity contribution < 1.29 is 0 Å². The van der Waals surface area contributed by atoms with Crippen LogP contribution in [0, 0.1) is 0 Å². The Kier molecular flexibility index (Phi) is 4.71. The minimum absolute atomic E-state index is 0.137. The van der Waals surface area contributed by atoms with E-state index in [0.717, 1.165) is 24.2 Å². The highest BCUT2D eigenvalue weighted by Crippen LogP contribution is 2.28. The third-order valence-electron chi connectivity index (χ3n) is 2.84. The molecule has 0 aliphatic carbocycles. The monoisotopic (exact) mass is 276 g/mol. The number of nitrogens with one attached hydrogen (secondary N) is 1. The largest absolute Gasteiger partial charge is 0.383 e. The first kappa shape index (κ1) is 13.8. The summed E-state index contributed by atoms with van der Waals surface area (Å²) in [5.74, 6) is 0.498. The number of halogens is 1. The van der Waals surface area contributed by atoms with Gasteiger partial charge in [0.15, 0.2) is 0 Å². The second-order valence-electron chi connectivity index (χ2n) is 4.24. The number of nitrogens with zero attached hydrogens (tertiary/aromatic N) is 2. The summed E-state index contributed by atoms with van der Waals surface area (Å²) in [6.07, 6.45) is 4.42. The van der Waals surface area contributed by atoms with Crippen molar-refractivity contribution in [2.24, 2.45) is 0 Å². The Bertz CT molecular complexity index is 499. The predicted octanol–water partition coefficient (Wildman–Crippen LogP) is 2.80. The van der Waals surface area contributed by atoms with Gasteiger partial charge in [-0.3, -0.25) is 4.98 Å². The molecule has 0 amide bonds. The van der Waals surface area contributed by atoms with E-state index in [9.17, 15) is 0 Å². The van der Waals surface area contributed by atoms with E-state index in [1.807, 2.05) is 24.3 Å². The molecule has 0 spiro atoms. The molecular formula is C14H17ClN4. The summed E-state index contributed by atoms with van der Waals surface area (Å²) in [5.41, 5.74) is 7.63. The van der Waals surface area contributed by atoms with Gasteiger partial charge in [-0.05, 0) is 31.2 Å². The molecule has 1 atom stereocenters. The van der Waals surface area contributed by atoms with Crippen molar-refractivity contribution in [1.82, 2.24) is 15.3 Å². The first-order chi connectivity index (χ1) is 9.24. The molecule has 0 aromatic carbocycles. The maximum atomic E-state index is 6.24. The van der Waals surface area contributed by atoms with Crippen LogP contribution in [0.2, 0.25) is 5.02 Å². The number of nitrogen functional groups attached to an aromatic ring is 1. The lowest BCUT2D eigenvalue weighted by Crippen LogP contribution is -2.25. The fraction of sp³-hybridized carbons (Fsp3) is 0.286. The molecule has 3 N–H and O–H groups in total. The number of aromatic nitrogens is 2. The van der Waals surface area contributed by atoms with Gasteiger partial charge in [-0.1, -0.05) is 24.6 Å². The molecule has 0 bridgehead atoms. The lowest BCUT2D eigenvalue weighted by atomic mass is 10.0. The van der Waals surface area contributed by atoms with Gasteiger partial charge in [-0.25, -0.2) is 4.98 Å². The van der Waals surface area contributed by atoms with Crippen LogP contribution in [0.25, 0.3) is 0 Å². The average Bonchev–Trinajstić information content (AvgIpc) is 2.42. The number of nitrogens with two attached hydrogens (primary N) is 1. The van der Waals surface area contributed by atoms with Gasteiger partial charge in [0.2, 0.25) is 0 Å². The molecule has 2 heterocycles. The van der Waals surface area contributed by atoms with E-state index in [1.165, 1.54) is 0 Å². The summed E-state index contributed by atoms with van der Waals surface area (Å²) in [7, 11) is 0. The maximum absolute atomic E-state index is 6.24. The summed E-state index contributed by atoms with van der Waals surface area (Å²) in [6, 6.07) is 7.32. The lowest BCUT2D eigenvalue weighted by Gasteiger charge is -2.20. The molecule has 19 heavy (non-hydrogen) atoms. The molecule has 1 unspecified atom stereocenters. The van der Waals surface area contributed by atoms with E-state index in [4.69, 9.17) is 17.3 Å². The van der Waals surface area contributed by atoms with E-state index in [1.54, 1.807) is 12.4 Å². The van der Waals surface area contributed by atoms with Crippen molar-refractivity contribution in [2.45, 2.75) is 19.4 Å². The number of hydrogen-bond donors (Lipinski definition) is 2. The zero-order valence-electron chi connectivity index (χ0n) is 10.8. The number of hydrogen-bond acceptors (Lipinski definition) is 4. The first-order valence-corrected chi connectivity index (χ1v) is 6.66. The molecule has 4 nitrogen and oxygen atoms in total. The Labute approximate surface area is 118 Å². The topological polar surface area (TPSA) is 63.8 Å². The summed E-state index contributed by atoms with van der Waals surface area (Å²) in [4.78, 5) is 8.50. The average molecular weight is 277 g/mol. The van der Waals surface area contributed by atoms with Gasteiger partial charge >= 0.3 is 0 Å². The smallest absolute Gasteiger partial charge is 0.128 e. The Morgan fingerprint density at radius 2 is 2.00 bits per heavy atom. The number of pyridine rings is 2. The van der Waals surface area contributed by atoms with Crippen LogP contribution in [0.1, 0.15) is 30.6 Å². The van der Waals surface area contributed by atoms with E-state index in [0.29, 0.717) is 10.8 Å². The van der Waals surface area contributed by atoms with Gasteiger partial charge in [0, 0.05) is 18.0 Å². The van der Waals surface area contributed by atoms with Gasteiger partial charge in [-0.15, -0.1) is 0 Å². The van der Waals surface area contributed by atoms with Gasteiger partial charge in [0.25, 0.3) is 0 Å². The molecule has 0 saturated carbocycles. The van der Waals surface area contributed by atoms with Crippen LogP contribution in [0.5, 0.6) is 0 Å². The molecule has 2 aromatic heterocycles. The van der Waals surface area contributed by atoms with Gasteiger partial charge in [0.1, 0.15) is 5.82 Å². The van der Waals surface area contributed by atoms with Crippen LogP contribution in [0.4, 0.5) is 5.82 Å². The van der Waals surface area contributed by atoms with Crippen LogP contribution in [-0.2, 0) is 0 Å². The van der Waals surface area contributed by atoms with Crippen molar-refractivity contribution in [2.75, 3.05) is 12.3 Å². The molecule has 0 radical (unpaired) electrons. The van der Waals surface area contributed by atoms with Crippen molar-refractivity contribution in [1.29, 1.82) is 0 Å². The fourth-order valence-electron chi connectivity index (χ4n) is 1.93. The van der Waals surface area contributed by atoms with Gasteiger partial charge < -0.3 is 11.1 Å². The molecule has 2 aromatic rings. The van der Waals surface area contributed by atoms with Gasteiger partial charge in [0.05, 0.1) is 16.8 Å². The second kappa shape index (κ2) is 6.50. The quantitative estimate of drug-likeness (QED) is 0.881. The standard InChI is InChI=1S/C14H17ClN4/c1-2-7-17-12(10-5-3-9-19-14(10)16)13-11(15)6-4-8-18-13/h3-6,8-9,12,17H,2,7H2,1H3,(H2,16,19). The number of anilines is 1. The second-order valence-corrected chi connectivity index (χ2v) is 4.64. The minimum Gasteiger partial charge on any atom is -0.383 e. The third kappa shape index (κ3) is 3.22.